The number of benzene rings is 1. The third-order valence-corrected chi connectivity index (χ3v) is 3.03. The van der Waals surface area contributed by atoms with Gasteiger partial charge >= 0.3 is 0 Å². The van der Waals surface area contributed by atoms with Crippen LogP contribution in [0.3, 0.4) is 0 Å². The van der Waals surface area contributed by atoms with E-state index in [1.165, 1.54) is 11.1 Å². The molecule has 0 atom stereocenters. The van der Waals surface area contributed by atoms with Gasteiger partial charge in [0.1, 0.15) is 0 Å². The van der Waals surface area contributed by atoms with Crippen molar-refractivity contribution in [2.45, 2.75) is 6.92 Å². The van der Waals surface area contributed by atoms with Crippen LogP contribution in [0.15, 0.2) is 29.4 Å². The van der Waals surface area contributed by atoms with Crippen LogP contribution in [-0.4, -0.2) is 49.4 Å². The zero-order chi connectivity index (χ0) is 11.4. The van der Waals surface area contributed by atoms with Crippen LogP contribution in [0.2, 0.25) is 0 Å². The van der Waals surface area contributed by atoms with Crippen molar-refractivity contribution in [1.29, 1.82) is 0 Å². The van der Waals surface area contributed by atoms with Crippen molar-refractivity contribution in [3.8, 4) is 0 Å². The minimum atomic E-state index is 1.03. The van der Waals surface area contributed by atoms with Gasteiger partial charge in [-0.05, 0) is 25.1 Å². The van der Waals surface area contributed by atoms with E-state index in [0.29, 0.717) is 0 Å². The monoisotopic (exact) mass is 217 g/mol. The van der Waals surface area contributed by atoms with Crippen molar-refractivity contribution in [1.82, 2.24) is 9.91 Å². The van der Waals surface area contributed by atoms with E-state index in [1.54, 1.807) is 0 Å². The van der Waals surface area contributed by atoms with Gasteiger partial charge < -0.3 is 4.90 Å². The van der Waals surface area contributed by atoms with Crippen molar-refractivity contribution >= 4 is 6.21 Å². The van der Waals surface area contributed by atoms with Gasteiger partial charge in [0.15, 0.2) is 0 Å². The second-order valence-electron chi connectivity index (χ2n) is 4.36. The Bertz CT molecular complexity index is 365. The molecule has 1 aliphatic rings. The molecule has 0 aromatic heterocycles. The summed E-state index contributed by atoms with van der Waals surface area (Å²) in [5.74, 6) is 0. The lowest BCUT2D eigenvalue weighted by atomic mass is 10.1. The SMILES string of the molecule is Cc1ccccc1/C=N\N1CCN(C)CC1. The molecule has 1 aliphatic heterocycles. The van der Waals surface area contributed by atoms with E-state index >= 15 is 0 Å². The maximum absolute atomic E-state index is 4.53. The Kier molecular flexibility index (Phi) is 3.57. The van der Waals surface area contributed by atoms with Gasteiger partial charge in [-0.25, -0.2) is 0 Å². The van der Waals surface area contributed by atoms with E-state index in [-0.39, 0.29) is 0 Å². The summed E-state index contributed by atoms with van der Waals surface area (Å²) in [4.78, 5) is 2.33. The topological polar surface area (TPSA) is 18.8 Å². The Balaban J connectivity index is 1.97. The largest absolute Gasteiger partial charge is 0.303 e. The zero-order valence-electron chi connectivity index (χ0n) is 10.1. The van der Waals surface area contributed by atoms with Gasteiger partial charge in [-0.2, -0.15) is 5.10 Å². The lowest BCUT2D eigenvalue weighted by molar-refractivity contribution is 0.159. The van der Waals surface area contributed by atoms with E-state index < -0.39 is 0 Å². The van der Waals surface area contributed by atoms with Crippen LogP contribution >= 0.6 is 0 Å². The Morgan fingerprint density at radius 3 is 2.50 bits per heavy atom. The smallest absolute Gasteiger partial charge is 0.0545 e. The Labute approximate surface area is 97.4 Å². The van der Waals surface area contributed by atoms with E-state index in [0.717, 1.165) is 26.2 Å². The van der Waals surface area contributed by atoms with Crippen molar-refractivity contribution < 1.29 is 0 Å². The summed E-state index contributed by atoms with van der Waals surface area (Å²) in [5.41, 5.74) is 2.49. The quantitative estimate of drug-likeness (QED) is 0.700. The lowest BCUT2D eigenvalue weighted by Gasteiger charge is -2.30. The molecule has 1 aromatic rings. The van der Waals surface area contributed by atoms with E-state index in [1.807, 2.05) is 6.21 Å². The molecule has 3 nitrogen and oxygen atoms in total. The van der Waals surface area contributed by atoms with Crippen LogP contribution in [0.5, 0.6) is 0 Å². The standard InChI is InChI=1S/C13H19N3/c1-12-5-3-4-6-13(12)11-14-16-9-7-15(2)8-10-16/h3-6,11H,7-10H2,1-2H3/b14-11-. The van der Waals surface area contributed by atoms with E-state index in [2.05, 4.69) is 53.2 Å². The fourth-order valence-corrected chi connectivity index (χ4v) is 1.79. The normalized spacial score (nSPS) is 18.2. The summed E-state index contributed by atoms with van der Waals surface area (Å²) in [6.07, 6.45) is 1.97. The molecule has 1 aromatic carbocycles. The zero-order valence-corrected chi connectivity index (χ0v) is 10.1. The summed E-state index contributed by atoms with van der Waals surface area (Å²) in [5, 5.41) is 6.68. The Morgan fingerprint density at radius 2 is 1.81 bits per heavy atom. The van der Waals surface area contributed by atoms with Crippen LogP contribution in [0.1, 0.15) is 11.1 Å². The van der Waals surface area contributed by atoms with Gasteiger partial charge in [0.25, 0.3) is 0 Å². The first kappa shape index (κ1) is 11.1. The number of aryl methyl sites for hydroxylation is 1. The molecule has 3 heteroatoms. The first-order valence-corrected chi connectivity index (χ1v) is 5.79. The highest BCUT2D eigenvalue weighted by molar-refractivity contribution is 5.81. The highest BCUT2D eigenvalue weighted by Crippen LogP contribution is 2.05. The maximum Gasteiger partial charge on any atom is 0.0545 e. The molecule has 86 valence electrons. The predicted molar refractivity (Wildman–Crippen MR) is 67.8 cm³/mol. The average molecular weight is 217 g/mol. The third-order valence-electron chi connectivity index (χ3n) is 3.03. The molecule has 1 saturated heterocycles. The van der Waals surface area contributed by atoms with Crippen LogP contribution < -0.4 is 0 Å². The second kappa shape index (κ2) is 5.12. The number of likely N-dealkylation sites (N-methyl/N-ethyl adjacent to an activating group) is 1. The average Bonchev–Trinajstić information content (AvgIpc) is 2.30. The number of rotatable bonds is 2. The molecule has 0 N–H and O–H groups in total. The Morgan fingerprint density at radius 1 is 1.12 bits per heavy atom. The fraction of sp³-hybridized carbons (Fsp3) is 0.462. The predicted octanol–water partition coefficient (Wildman–Crippen LogP) is 1.58. The first-order valence-electron chi connectivity index (χ1n) is 5.79. The summed E-state index contributed by atoms with van der Waals surface area (Å²) in [7, 11) is 2.16. The summed E-state index contributed by atoms with van der Waals surface area (Å²) in [6.45, 7) is 6.37. The molecule has 0 spiro atoms. The van der Waals surface area contributed by atoms with Crippen LogP contribution in [0, 0.1) is 6.92 Å². The molecule has 2 rings (SSSR count). The second-order valence-corrected chi connectivity index (χ2v) is 4.36. The number of nitrogens with zero attached hydrogens (tertiary/aromatic N) is 3. The lowest BCUT2D eigenvalue weighted by Crippen LogP contribution is -2.41. The molecule has 0 amide bonds. The van der Waals surface area contributed by atoms with Crippen molar-refractivity contribution in [2.24, 2.45) is 5.10 Å². The van der Waals surface area contributed by atoms with Crippen LogP contribution in [0.25, 0.3) is 0 Å². The van der Waals surface area contributed by atoms with E-state index in [4.69, 9.17) is 0 Å². The van der Waals surface area contributed by atoms with E-state index in [9.17, 15) is 0 Å². The number of piperazine rings is 1. The molecule has 16 heavy (non-hydrogen) atoms. The highest BCUT2D eigenvalue weighted by atomic mass is 15.5. The molecule has 0 radical (unpaired) electrons. The van der Waals surface area contributed by atoms with Crippen LogP contribution in [-0.2, 0) is 0 Å². The molecule has 1 fully saturated rings. The summed E-state index contributed by atoms with van der Waals surface area (Å²) in [6, 6.07) is 8.33. The highest BCUT2D eigenvalue weighted by Gasteiger charge is 2.10. The number of hydrazone groups is 1. The summed E-state index contributed by atoms with van der Waals surface area (Å²) < 4.78 is 0. The molecular formula is C13H19N3. The van der Waals surface area contributed by atoms with Gasteiger partial charge in [-0.1, -0.05) is 24.3 Å². The Hall–Kier alpha value is -1.35. The molecule has 0 unspecified atom stereocenters. The van der Waals surface area contributed by atoms with Gasteiger partial charge in [0, 0.05) is 26.2 Å². The first-order chi connectivity index (χ1) is 7.75. The van der Waals surface area contributed by atoms with Crippen LogP contribution in [0.4, 0.5) is 0 Å². The van der Waals surface area contributed by atoms with Crippen molar-refractivity contribution in [3.05, 3.63) is 35.4 Å². The maximum atomic E-state index is 4.53. The van der Waals surface area contributed by atoms with Gasteiger partial charge in [-0.15, -0.1) is 0 Å². The molecule has 0 bridgehead atoms. The molecule has 0 aliphatic carbocycles. The van der Waals surface area contributed by atoms with Gasteiger partial charge in [0.2, 0.25) is 0 Å². The van der Waals surface area contributed by atoms with Crippen molar-refractivity contribution in [3.63, 3.8) is 0 Å². The molecule has 0 saturated carbocycles. The third kappa shape index (κ3) is 2.83. The minimum absolute atomic E-state index is 1.03. The van der Waals surface area contributed by atoms with Gasteiger partial charge in [0.05, 0.1) is 6.21 Å². The fourth-order valence-electron chi connectivity index (χ4n) is 1.79. The number of hydrogen-bond donors (Lipinski definition) is 0. The van der Waals surface area contributed by atoms with Gasteiger partial charge in [-0.3, -0.25) is 5.01 Å². The van der Waals surface area contributed by atoms with Crippen molar-refractivity contribution in [2.75, 3.05) is 33.2 Å². The molecular weight excluding hydrogens is 198 g/mol. The number of hydrogen-bond acceptors (Lipinski definition) is 3. The summed E-state index contributed by atoms with van der Waals surface area (Å²) >= 11 is 0. The molecule has 1 heterocycles. The minimum Gasteiger partial charge on any atom is -0.303 e.